The summed E-state index contributed by atoms with van der Waals surface area (Å²) in [6.45, 7) is 6.88. The van der Waals surface area contributed by atoms with Crippen LogP contribution in [0.15, 0.2) is 29.2 Å². The van der Waals surface area contributed by atoms with Gasteiger partial charge in [-0.1, -0.05) is 19.8 Å². The standard InChI is InChI=1S/C17H24F3NO5S/c1-5-6-7-14(15(22)26-16(2,3)4)21-27(23,24)13-10-8-12(9-11-13)25-17(18,19)20/h8-11,14,21H,5-7H2,1-4H3/t14-/m1/s1. The molecule has 0 saturated heterocycles. The highest BCUT2D eigenvalue weighted by molar-refractivity contribution is 7.89. The first-order chi connectivity index (χ1) is 12.2. The van der Waals surface area contributed by atoms with Gasteiger partial charge < -0.3 is 9.47 Å². The third kappa shape index (κ3) is 8.61. The molecule has 0 aliphatic heterocycles. The summed E-state index contributed by atoms with van der Waals surface area (Å²) >= 11 is 0. The van der Waals surface area contributed by atoms with E-state index in [1.165, 1.54) is 0 Å². The molecule has 0 aliphatic carbocycles. The molecule has 0 aliphatic rings. The number of sulfonamides is 1. The number of carbonyl (C=O) groups excluding carboxylic acids is 1. The van der Waals surface area contributed by atoms with E-state index >= 15 is 0 Å². The Morgan fingerprint density at radius 2 is 1.70 bits per heavy atom. The SMILES string of the molecule is CCCC[C@@H](NS(=O)(=O)c1ccc(OC(F)(F)F)cc1)C(=O)OC(C)(C)C. The summed E-state index contributed by atoms with van der Waals surface area (Å²) in [6, 6.07) is 2.61. The van der Waals surface area contributed by atoms with Crippen molar-refractivity contribution >= 4 is 16.0 Å². The van der Waals surface area contributed by atoms with Gasteiger partial charge in [0.1, 0.15) is 17.4 Å². The largest absolute Gasteiger partial charge is 0.573 e. The van der Waals surface area contributed by atoms with E-state index in [-0.39, 0.29) is 11.3 Å². The van der Waals surface area contributed by atoms with E-state index in [0.29, 0.717) is 6.42 Å². The summed E-state index contributed by atoms with van der Waals surface area (Å²) in [7, 11) is -4.14. The van der Waals surface area contributed by atoms with Crippen LogP contribution in [-0.4, -0.2) is 32.4 Å². The van der Waals surface area contributed by atoms with Crippen molar-refractivity contribution in [1.82, 2.24) is 4.72 Å². The fourth-order valence-electron chi connectivity index (χ4n) is 2.08. The van der Waals surface area contributed by atoms with Crippen molar-refractivity contribution in [2.45, 2.75) is 69.9 Å². The normalized spacial score (nSPS) is 13.9. The van der Waals surface area contributed by atoms with Gasteiger partial charge in [0.05, 0.1) is 4.90 Å². The molecule has 0 radical (unpaired) electrons. The Morgan fingerprint density at radius 1 is 1.15 bits per heavy atom. The van der Waals surface area contributed by atoms with Gasteiger partial charge in [-0.2, -0.15) is 4.72 Å². The molecule has 1 atom stereocenters. The Labute approximate surface area is 157 Å². The summed E-state index contributed by atoms with van der Waals surface area (Å²) in [4.78, 5) is 12.0. The lowest BCUT2D eigenvalue weighted by Crippen LogP contribution is -2.44. The fourth-order valence-corrected chi connectivity index (χ4v) is 3.30. The quantitative estimate of drug-likeness (QED) is 0.659. The lowest BCUT2D eigenvalue weighted by Gasteiger charge is -2.24. The molecule has 0 amide bonds. The Morgan fingerprint density at radius 3 is 2.15 bits per heavy atom. The van der Waals surface area contributed by atoms with Crippen molar-refractivity contribution in [2.75, 3.05) is 0 Å². The summed E-state index contributed by atoms with van der Waals surface area (Å²) in [5, 5.41) is 0. The molecule has 10 heteroatoms. The van der Waals surface area contributed by atoms with E-state index in [0.717, 1.165) is 30.7 Å². The number of hydrogen-bond donors (Lipinski definition) is 1. The Kier molecular flexibility index (Phi) is 7.67. The molecular weight excluding hydrogens is 387 g/mol. The third-order valence-corrected chi connectivity index (χ3v) is 4.69. The minimum atomic E-state index is -4.87. The van der Waals surface area contributed by atoms with Gasteiger partial charge in [0.25, 0.3) is 0 Å². The predicted octanol–water partition coefficient (Wildman–Crippen LogP) is 3.76. The number of benzene rings is 1. The highest BCUT2D eigenvalue weighted by atomic mass is 32.2. The van der Waals surface area contributed by atoms with Gasteiger partial charge in [-0.15, -0.1) is 13.2 Å². The summed E-state index contributed by atoms with van der Waals surface area (Å²) in [5.74, 6) is -1.26. The molecule has 0 heterocycles. The number of ether oxygens (including phenoxy) is 2. The minimum Gasteiger partial charge on any atom is -0.459 e. The van der Waals surface area contributed by atoms with Gasteiger partial charge in [0.2, 0.25) is 10.0 Å². The van der Waals surface area contributed by atoms with Crippen molar-refractivity contribution in [3.63, 3.8) is 0 Å². The van der Waals surface area contributed by atoms with Gasteiger partial charge in [0, 0.05) is 0 Å². The number of alkyl halides is 3. The van der Waals surface area contributed by atoms with Crippen molar-refractivity contribution < 1.29 is 35.9 Å². The molecule has 0 unspecified atom stereocenters. The predicted molar refractivity (Wildman–Crippen MR) is 92.6 cm³/mol. The second kappa shape index (κ2) is 8.92. The fraction of sp³-hybridized carbons (Fsp3) is 0.588. The molecular formula is C17H24F3NO5S. The average Bonchev–Trinajstić information content (AvgIpc) is 2.48. The van der Waals surface area contributed by atoms with Gasteiger partial charge in [0.15, 0.2) is 0 Å². The van der Waals surface area contributed by atoms with Crippen LogP contribution in [0.4, 0.5) is 13.2 Å². The zero-order valence-electron chi connectivity index (χ0n) is 15.6. The lowest BCUT2D eigenvalue weighted by atomic mass is 10.1. The number of halogens is 3. The highest BCUT2D eigenvalue weighted by Gasteiger charge is 2.32. The molecule has 1 aromatic rings. The first kappa shape index (κ1) is 23.2. The average molecular weight is 411 g/mol. The molecule has 1 rings (SSSR count). The molecule has 0 bridgehead atoms. The molecule has 1 aromatic carbocycles. The second-order valence-corrected chi connectivity index (χ2v) is 8.58. The maximum absolute atomic E-state index is 12.5. The number of unbranched alkanes of at least 4 members (excludes halogenated alkanes) is 1. The summed E-state index contributed by atoms with van der Waals surface area (Å²) in [6.07, 6.45) is -3.31. The molecule has 0 aromatic heterocycles. The van der Waals surface area contributed by atoms with Gasteiger partial charge in [-0.3, -0.25) is 4.79 Å². The van der Waals surface area contributed by atoms with E-state index in [1.54, 1.807) is 20.8 Å². The smallest absolute Gasteiger partial charge is 0.459 e. The maximum Gasteiger partial charge on any atom is 0.573 e. The van der Waals surface area contributed by atoms with E-state index in [9.17, 15) is 26.4 Å². The third-order valence-electron chi connectivity index (χ3n) is 3.20. The Bertz CT molecular complexity index is 724. The van der Waals surface area contributed by atoms with Crippen molar-refractivity contribution in [1.29, 1.82) is 0 Å². The lowest BCUT2D eigenvalue weighted by molar-refractivity contribution is -0.274. The monoisotopic (exact) mass is 411 g/mol. The maximum atomic E-state index is 12.5. The molecule has 1 N–H and O–H groups in total. The minimum absolute atomic E-state index is 0.236. The molecule has 6 nitrogen and oxygen atoms in total. The Hall–Kier alpha value is -1.81. The number of nitrogens with one attached hydrogen (secondary N) is 1. The van der Waals surface area contributed by atoms with Crippen molar-refractivity contribution in [3.05, 3.63) is 24.3 Å². The van der Waals surface area contributed by atoms with Crippen LogP contribution in [0.25, 0.3) is 0 Å². The van der Waals surface area contributed by atoms with Gasteiger partial charge in [-0.25, -0.2) is 8.42 Å². The van der Waals surface area contributed by atoms with E-state index in [1.807, 2.05) is 6.92 Å². The number of hydrogen-bond acceptors (Lipinski definition) is 5. The zero-order valence-corrected chi connectivity index (χ0v) is 16.4. The van der Waals surface area contributed by atoms with Crippen LogP contribution < -0.4 is 9.46 Å². The first-order valence-electron chi connectivity index (χ1n) is 8.34. The van der Waals surface area contributed by atoms with E-state index in [2.05, 4.69) is 9.46 Å². The first-order valence-corrected chi connectivity index (χ1v) is 9.83. The van der Waals surface area contributed by atoms with Crippen LogP contribution in [0.5, 0.6) is 5.75 Å². The second-order valence-electron chi connectivity index (χ2n) is 6.87. The molecule has 0 saturated carbocycles. The zero-order chi connectivity index (χ0) is 20.9. The van der Waals surface area contributed by atoms with E-state index < -0.39 is 39.7 Å². The molecule has 0 spiro atoms. The van der Waals surface area contributed by atoms with Crippen LogP contribution in [0, 0.1) is 0 Å². The van der Waals surface area contributed by atoms with E-state index in [4.69, 9.17) is 4.74 Å². The van der Waals surface area contributed by atoms with Crippen LogP contribution in [-0.2, 0) is 19.6 Å². The van der Waals surface area contributed by atoms with Crippen molar-refractivity contribution in [2.24, 2.45) is 0 Å². The van der Waals surface area contributed by atoms with Crippen LogP contribution in [0.2, 0.25) is 0 Å². The van der Waals surface area contributed by atoms with Gasteiger partial charge in [-0.05, 0) is 51.5 Å². The van der Waals surface area contributed by atoms with Crippen LogP contribution in [0.1, 0.15) is 47.0 Å². The van der Waals surface area contributed by atoms with Crippen LogP contribution in [0.3, 0.4) is 0 Å². The topological polar surface area (TPSA) is 81.7 Å². The molecule has 27 heavy (non-hydrogen) atoms. The Balaban J connectivity index is 2.97. The molecule has 0 fully saturated rings. The number of rotatable bonds is 8. The number of carbonyl (C=O) groups is 1. The van der Waals surface area contributed by atoms with Crippen molar-refractivity contribution in [3.8, 4) is 5.75 Å². The number of esters is 1. The van der Waals surface area contributed by atoms with Gasteiger partial charge >= 0.3 is 12.3 Å². The van der Waals surface area contributed by atoms with Crippen LogP contribution >= 0.6 is 0 Å². The summed E-state index contributed by atoms with van der Waals surface area (Å²) < 4.78 is 72.8. The molecule has 154 valence electrons. The summed E-state index contributed by atoms with van der Waals surface area (Å²) in [5.41, 5.74) is -0.788. The highest BCUT2D eigenvalue weighted by Crippen LogP contribution is 2.24.